The van der Waals surface area contributed by atoms with Crippen molar-refractivity contribution < 1.29 is 14.3 Å². The third kappa shape index (κ3) is 4.97. The molecule has 21 heavy (non-hydrogen) atoms. The quantitative estimate of drug-likeness (QED) is 0.651. The topological polar surface area (TPSA) is 93.5 Å². The second-order valence-electron chi connectivity index (χ2n) is 6.30. The van der Waals surface area contributed by atoms with E-state index in [0.717, 1.165) is 32.4 Å². The molecular formula is C15H27N3O3. The van der Waals surface area contributed by atoms with Crippen LogP contribution in [0.4, 0.5) is 0 Å². The summed E-state index contributed by atoms with van der Waals surface area (Å²) in [7, 11) is 0. The van der Waals surface area contributed by atoms with Crippen LogP contribution >= 0.6 is 0 Å². The highest BCUT2D eigenvalue weighted by atomic mass is 16.5. The zero-order valence-corrected chi connectivity index (χ0v) is 12.8. The summed E-state index contributed by atoms with van der Waals surface area (Å²) in [5, 5.41) is 6.27. The smallest absolute Gasteiger partial charge is 0.246 e. The van der Waals surface area contributed by atoms with Gasteiger partial charge in [0.05, 0.1) is 6.10 Å². The van der Waals surface area contributed by atoms with E-state index in [1.807, 2.05) is 0 Å². The molecule has 4 N–H and O–H groups in total. The lowest BCUT2D eigenvalue weighted by Crippen LogP contribution is -2.36. The molecule has 2 aliphatic rings. The van der Waals surface area contributed by atoms with Gasteiger partial charge in [0.25, 0.3) is 0 Å². The Balaban J connectivity index is 1.64. The highest BCUT2D eigenvalue weighted by Crippen LogP contribution is 2.24. The summed E-state index contributed by atoms with van der Waals surface area (Å²) in [6.45, 7) is 4.74. The summed E-state index contributed by atoms with van der Waals surface area (Å²) in [5.41, 5.74) is 5.21. The summed E-state index contributed by atoms with van der Waals surface area (Å²) in [6.07, 6.45) is 3.73. The van der Waals surface area contributed by atoms with Crippen molar-refractivity contribution in [2.75, 3.05) is 19.6 Å². The summed E-state index contributed by atoms with van der Waals surface area (Å²) < 4.78 is 5.50. The van der Waals surface area contributed by atoms with Gasteiger partial charge in [-0.25, -0.2) is 0 Å². The van der Waals surface area contributed by atoms with Gasteiger partial charge in [-0.2, -0.15) is 0 Å². The number of primary amides is 1. The average Bonchev–Trinajstić information content (AvgIpc) is 2.95. The first kappa shape index (κ1) is 16.2. The van der Waals surface area contributed by atoms with Crippen LogP contribution in [-0.4, -0.2) is 43.7 Å². The van der Waals surface area contributed by atoms with Crippen LogP contribution < -0.4 is 16.4 Å². The molecule has 6 nitrogen and oxygen atoms in total. The third-order valence-corrected chi connectivity index (χ3v) is 4.65. The fourth-order valence-electron chi connectivity index (χ4n) is 3.24. The van der Waals surface area contributed by atoms with Gasteiger partial charge in [0.1, 0.15) is 6.10 Å². The minimum atomic E-state index is -0.486. The Labute approximate surface area is 126 Å². The highest BCUT2D eigenvalue weighted by Gasteiger charge is 2.29. The lowest BCUT2D eigenvalue weighted by molar-refractivity contribution is -0.128. The van der Waals surface area contributed by atoms with E-state index in [9.17, 15) is 9.59 Å². The van der Waals surface area contributed by atoms with Crippen molar-refractivity contribution in [2.24, 2.45) is 17.6 Å². The molecule has 3 unspecified atom stereocenters. The van der Waals surface area contributed by atoms with Crippen LogP contribution in [0.15, 0.2) is 0 Å². The summed E-state index contributed by atoms with van der Waals surface area (Å²) in [6, 6.07) is 0. The second kappa shape index (κ2) is 7.75. The van der Waals surface area contributed by atoms with Crippen LogP contribution in [-0.2, 0) is 14.3 Å². The van der Waals surface area contributed by atoms with Crippen LogP contribution in [0.5, 0.6) is 0 Å². The van der Waals surface area contributed by atoms with Gasteiger partial charge in [-0.1, -0.05) is 6.92 Å². The Morgan fingerprint density at radius 2 is 2.00 bits per heavy atom. The van der Waals surface area contributed by atoms with Crippen molar-refractivity contribution in [3.8, 4) is 0 Å². The molecule has 0 saturated carbocycles. The van der Waals surface area contributed by atoms with E-state index < -0.39 is 12.0 Å². The molecule has 0 radical (unpaired) electrons. The van der Waals surface area contributed by atoms with Gasteiger partial charge in [0.15, 0.2) is 0 Å². The molecule has 0 bridgehead atoms. The average molecular weight is 297 g/mol. The lowest BCUT2D eigenvalue weighted by atomic mass is 9.84. The third-order valence-electron chi connectivity index (χ3n) is 4.65. The predicted octanol–water partition coefficient (Wildman–Crippen LogP) is 0.161. The van der Waals surface area contributed by atoms with Crippen molar-refractivity contribution in [3.05, 3.63) is 0 Å². The monoisotopic (exact) mass is 297 g/mol. The molecule has 0 aromatic carbocycles. The SMILES string of the molecule is CC(CC(=O)NCC1CCC(C(N)=O)O1)C1CCNCC1. The summed E-state index contributed by atoms with van der Waals surface area (Å²) in [4.78, 5) is 23.0. The van der Waals surface area contributed by atoms with Crippen LogP contribution in [0.2, 0.25) is 0 Å². The Hall–Kier alpha value is -1.14. The van der Waals surface area contributed by atoms with E-state index in [1.165, 1.54) is 0 Å². The number of carbonyl (C=O) groups excluding carboxylic acids is 2. The number of carbonyl (C=O) groups is 2. The minimum Gasteiger partial charge on any atom is -0.367 e. The largest absolute Gasteiger partial charge is 0.367 e. The minimum absolute atomic E-state index is 0.0761. The normalized spacial score (nSPS) is 28.2. The molecule has 2 heterocycles. The molecule has 2 saturated heterocycles. The maximum absolute atomic E-state index is 12.0. The molecule has 2 aliphatic heterocycles. The van der Waals surface area contributed by atoms with Crippen molar-refractivity contribution in [1.82, 2.24) is 10.6 Å². The Bertz CT molecular complexity index is 369. The maximum Gasteiger partial charge on any atom is 0.246 e. The van der Waals surface area contributed by atoms with E-state index >= 15 is 0 Å². The molecule has 2 fully saturated rings. The van der Waals surface area contributed by atoms with Gasteiger partial charge in [0.2, 0.25) is 11.8 Å². The summed E-state index contributed by atoms with van der Waals surface area (Å²) in [5.74, 6) is 0.712. The number of hydrogen-bond donors (Lipinski definition) is 3. The number of ether oxygens (including phenoxy) is 1. The standard InChI is InChI=1S/C15H27N3O3/c1-10(11-4-6-17-7-5-11)8-14(19)18-9-12-2-3-13(21-12)15(16)20/h10-13,17H,2-9H2,1H3,(H2,16,20)(H,18,19). The molecule has 2 amide bonds. The Kier molecular flexibility index (Phi) is 5.99. The molecule has 0 aromatic heterocycles. The molecule has 3 atom stereocenters. The van der Waals surface area contributed by atoms with Crippen LogP contribution in [0.1, 0.15) is 39.0 Å². The van der Waals surface area contributed by atoms with Crippen LogP contribution in [0.3, 0.4) is 0 Å². The Morgan fingerprint density at radius 3 is 2.62 bits per heavy atom. The number of hydrogen-bond acceptors (Lipinski definition) is 4. The van der Waals surface area contributed by atoms with Crippen molar-refractivity contribution in [3.63, 3.8) is 0 Å². The van der Waals surface area contributed by atoms with Gasteiger partial charge in [-0.3, -0.25) is 9.59 Å². The van der Waals surface area contributed by atoms with E-state index in [-0.39, 0.29) is 12.0 Å². The number of amides is 2. The molecule has 0 aromatic rings. The predicted molar refractivity (Wildman–Crippen MR) is 79.5 cm³/mol. The molecule has 120 valence electrons. The maximum atomic E-state index is 12.0. The van der Waals surface area contributed by atoms with Crippen molar-refractivity contribution in [2.45, 2.75) is 51.2 Å². The van der Waals surface area contributed by atoms with Gasteiger partial charge in [-0.05, 0) is 50.6 Å². The number of rotatable bonds is 6. The van der Waals surface area contributed by atoms with Gasteiger partial charge >= 0.3 is 0 Å². The van der Waals surface area contributed by atoms with E-state index in [2.05, 4.69) is 17.6 Å². The van der Waals surface area contributed by atoms with Gasteiger partial charge in [0, 0.05) is 13.0 Å². The first-order valence-electron chi connectivity index (χ1n) is 7.98. The van der Waals surface area contributed by atoms with Crippen molar-refractivity contribution in [1.29, 1.82) is 0 Å². The van der Waals surface area contributed by atoms with E-state index in [0.29, 0.717) is 31.2 Å². The molecule has 0 aliphatic carbocycles. The number of nitrogens with one attached hydrogen (secondary N) is 2. The lowest BCUT2D eigenvalue weighted by Gasteiger charge is -2.28. The van der Waals surface area contributed by atoms with Gasteiger partial charge in [-0.15, -0.1) is 0 Å². The molecular weight excluding hydrogens is 270 g/mol. The molecule has 2 rings (SSSR count). The van der Waals surface area contributed by atoms with E-state index in [1.54, 1.807) is 0 Å². The number of nitrogens with two attached hydrogens (primary N) is 1. The van der Waals surface area contributed by atoms with Crippen LogP contribution in [0.25, 0.3) is 0 Å². The van der Waals surface area contributed by atoms with Gasteiger partial charge < -0.3 is 21.1 Å². The summed E-state index contributed by atoms with van der Waals surface area (Å²) >= 11 is 0. The highest BCUT2D eigenvalue weighted by molar-refractivity contribution is 5.79. The fourth-order valence-corrected chi connectivity index (χ4v) is 3.24. The first-order valence-corrected chi connectivity index (χ1v) is 7.98. The zero-order valence-electron chi connectivity index (χ0n) is 12.8. The van der Waals surface area contributed by atoms with Crippen LogP contribution in [0, 0.1) is 11.8 Å². The number of piperidine rings is 1. The van der Waals surface area contributed by atoms with E-state index in [4.69, 9.17) is 10.5 Å². The fraction of sp³-hybridized carbons (Fsp3) is 0.867. The Morgan fingerprint density at radius 1 is 1.29 bits per heavy atom. The molecule has 6 heteroatoms. The van der Waals surface area contributed by atoms with Crippen molar-refractivity contribution >= 4 is 11.8 Å². The first-order chi connectivity index (χ1) is 10.1. The molecule has 0 spiro atoms. The second-order valence-corrected chi connectivity index (χ2v) is 6.30. The zero-order chi connectivity index (χ0) is 15.2.